The van der Waals surface area contributed by atoms with Crippen LogP contribution in [0.5, 0.6) is 0 Å². The van der Waals surface area contributed by atoms with Crippen molar-refractivity contribution in [1.29, 1.82) is 0 Å². The summed E-state index contributed by atoms with van der Waals surface area (Å²) in [6, 6.07) is 8.52. The number of benzene rings is 1. The predicted octanol–water partition coefficient (Wildman–Crippen LogP) is 2.55. The minimum absolute atomic E-state index is 0.188. The van der Waals surface area contributed by atoms with Crippen LogP contribution >= 0.6 is 0 Å². The van der Waals surface area contributed by atoms with Crippen molar-refractivity contribution >= 4 is 11.5 Å². The van der Waals surface area contributed by atoms with Gasteiger partial charge in [0, 0.05) is 23.8 Å². The Morgan fingerprint density at radius 1 is 1.44 bits per heavy atom. The second kappa shape index (κ2) is 5.76. The van der Waals surface area contributed by atoms with Crippen LogP contribution in [0, 0.1) is 0 Å². The van der Waals surface area contributed by atoms with Crippen molar-refractivity contribution in [3.63, 3.8) is 0 Å². The van der Waals surface area contributed by atoms with Gasteiger partial charge in [-0.2, -0.15) is 0 Å². The van der Waals surface area contributed by atoms with E-state index in [1.807, 2.05) is 18.2 Å². The molecule has 0 amide bonds. The molecule has 0 atom stereocenters. The summed E-state index contributed by atoms with van der Waals surface area (Å²) in [5.41, 5.74) is 7.66. The second-order valence-corrected chi connectivity index (χ2v) is 4.78. The lowest BCUT2D eigenvalue weighted by Crippen LogP contribution is -2.29. The van der Waals surface area contributed by atoms with E-state index in [9.17, 15) is 0 Å². The van der Waals surface area contributed by atoms with E-state index >= 15 is 0 Å². The zero-order chi connectivity index (χ0) is 13.0. The molecule has 0 spiro atoms. The molecule has 4 heteroatoms. The number of para-hydroxylation sites is 1. The lowest BCUT2D eigenvalue weighted by molar-refractivity contribution is 0.318. The highest BCUT2D eigenvalue weighted by atomic mass is 16.4. The highest BCUT2D eigenvalue weighted by Crippen LogP contribution is 2.33. The largest absolute Gasteiger partial charge is 0.409 e. The first-order chi connectivity index (χ1) is 8.77. The van der Waals surface area contributed by atoms with E-state index < -0.39 is 0 Å². The lowest BCUT2D eigenvalue weighted by atomic mass is 10.1. The van der Waals surface area contributed by atoms with E-state index in [2.05, 4.69) is 23.0 Å². The number of unbranched alkanes of at least 4 members (excludes halogenated alkanes) is 1. The molecular formula is C14H21N3O. The Kier molecular flexibility index (Phi) is 4.07. The molecule has 1 aliphatic carbocycles. The van der Waals surface area contributed by atoms with E-state index in [0.29, 0.717) is 6.04 Å². The molecule has 98 valence electrons. The summed E-state index contributed by atoms with van der Waals surface area (Å²) in [5.74, 6) is 0.188. The van der Waals surface area contributed by atoms with E-state index in [1.54, 1.807) is 0 Å². The normalized spacial score (nSPS) is 15.7. The number of amidine groups is 1. The van der Waals surface area contributed by atoms with Gasteiger partial charge in [-0.25, -0.2) is 0 Å². The number of nitrogens with zero attached hydrogens (tertiary/aromatic N) is 2. The number of hydrogen-bond donors (Lipinski definition) is 2. The smallest absolute Gasteiger partial charge is 0.172 e. The summed E-state index contributed by atoms with van der Waals surface area (Å²) >= 11 is 0. The average Bonchev–Trinajstić information content (AvgIpc) is 3.23. The third kappa shape index (κ3) is 2.75. The van der Waals surface area contributed by atoms with Gasteiger partial charge in [0.1, 0.15) is 0 Å². The monoisotopic (exact) mass is 247 g/mol. The minimum atomic E-state index is 0.188. The quantitative estimate of drug-likeness (QED) is 0.351. The van der Waals surface area contributed by atoms with Gasteiger partial charge >= 0.3 is 0 Å². The molecule has 0 saturated heterocycles. The number of anilines is 1. The fourth-order valence-electron chi connectivity index (χ4n) is 2.21. The van der Waals surface area contributed by atoms with E-state index in [0.717, 1.165) is 17.8 Å². The van der Waals surface area contributed by atoms with Gasteiger partial charge < -0.3 is 15.8 Å². The summed E-state index contributed by atoms with van der Waals surface area (Å²) in [6.45, 7) is 3.23. The molecule has 1 fully saturated rings. The molecule has 4 nitrogen and oxygen atoms in total. The summed E-state index contributed by atoms with van der Waals surface area (Å²) in [4.78, 5) is 2.40. The minimum Gasteiger partial charge on any atom is -0.409 e. The molecule has 3 N–H and O–H groups in total. The molecule has 0 unspecified atom stereocenters. The maximum Gasteiger partial charge on any atom is 0.172 e. The van der Waals surface area contributed by atoms with Crippen LogP contribution < -0.4 is 10.6 Å². The first-order valence-electron chi connectivity index (χ1n) is 6.61. The van der Waals surface area contributed by atoms with Gasteiger partial charge in [0.05, 0.1) is 0 Å². The van der Waals surface area contributed by atoms with Crippen LogP contribution in [0.1, 0.15) is 38.2 Å². The van der Waals surface area contributed by atoms with Gasteiger partial charge in [-0.15, -0.1) is 0 Å². The van der Waals surface area contributed by atoms with Gasteiger partial charge in [0.25, 0.3) is 0 Å². The highest BCUT2D eigenvalue weighted by Gasteiger charge is 2.30. The Bertz CT molecular complexity index is 427. The fourth-order valence-corrected chi connectivity index (χ4v) is 2.21. The number of oxime groups is 1. The molecule has 1 aromatic rings. The van der Waals surface area contributed by atoms with Crippen molar-refractivity contribution in [2.24, 2.45) is 10.9 Å². The van der Waals surface area contributed by atoms with Gasteiger partial charge in [0.2, 0.25) is 0 Å². The van der Waals surface area contributed by atoms with Gasteiger partial charge in [-0.1, -0.05) is 30.6 Å². The van der Waals surface area contributed by atoms with Crippen molar-refractivity contribution in [2.45, 2.75) is 38.6 Å². The first-order valence-corrected chi connectivity index (χ1v) is 6.61. The van der Waals surface area contributed by atoms with Gasteiger partial charge in [-0.05, 0) is 31.4 Å². The van der Waals surface area contributed by atoms with Gasteiger partial charge in [0.15, 0.2) is 5.84 Å². The zero-order valence-electron chi connectivity index (χ0n) is 10.8. The Morgan fingerprint density at radius 2 is 2.17 bits per heavy atom. The second-order valence-electron chi connectivity index (χ2n) is 4.78. The summed E-state index contributed by atoms with van der Waals surface area (Å²) < 4.78 is 0. The molecule has 0 radical (unpaired) electrons. The predicted molar refractivity (Wildman–Crippen MR) is 74.2 cm³/mol. The zero-order valence-corrected chi connectivity index (χ0v) is 10.8. The Balaban J connectivity index is 2.28. The summed E-state index contributed by atoms with van der Waals surface area (Å²) in [5, 5.41) is 12.0. The van der Waals surface area contributed by atoms with E-state index in [4.69, 9.17) is 10.9 Å². The fraction of sp³-hybridized carbons (Fsp3) is 0.500. The molecule has 0 aliphatic heterocycles. The Labute approximate surface area is 108 Å². The van der Waals surface area contributed by atoms with Crippen LogP contribution in [0.2, 0.25) is 0 Å². The van der Waals surface area contributed by atoms with Crippen molar-refractivity contribution in [1.82, 2.24) is 0 Å². The van der Waals surface area contributed by atoms with Crippen LogP contribution in [0.25, 0.3) is 0 Å². The van der Waals surface area contributed by atoms with Crippen LogP contribution in [-0.2, 0) is 0 Å². The maximum absolute atomic E-state index is 8.87. The molecule has 18 heavy (non-hydrogen) atoms. The van der Waals surface area contributed by atoms with Crippen molar-refractivity contribution in [3.05, 3.63) is 29.8 Å². The molecule has 1 saturated carbocycles. The molecular weight excluding hydrogens is 226 g/mol. The lowest BCUT2D eigenvalue weighted by Gasteiger charge is -2.26. The standard InChI is InChI=1S/C14H21N3O/c1-2-3-10-17(11-8-9-11)13-7-5-4-6-12(13)14(15)16-18/h4-7,11,18H,2-3,8-10H2,1H3,(H2,15,16). The van der Waals surface area contributed by atoms with Crippen LogP contribution in [-0.4, -0.2) is 23.6 Å². The third-order valence-electron chi connectivity index (χ3n) is 3.34. The van der Waals surface area contributed by atoms with Crippen molar-refractivity contribution in [3.8, 4) is 0 Å². The van der Waals surface area contributed by atoms with Crippen LogP contribution in [0.4, 0.5) is 5.69 Å². The number of rotatable bonds is 6. The molecule has 1 aliphatic rings. The van der Waals surface area contributed by atoms with Gasteiger partial charge in [-0.3, -0.25) is 0 Å². The number of hydrogen-bond acceptors (Lipinski definition) is 3. The topological polar surface area (TPSA) is 61.8 Å². The Morgan fingerprint density at radius 3 is 2.78 bits per heavy atom. The molecule has 0 bridgehead atoms. The first kappa shape index (κ1) is 12.7. The van der Waals surface area contributed by atoms with Crippen LogP contribution in [0.3, 0.4) is 0 Å². The molecule has 0 heterocycles. The maximum atomic E-state index is 8.87. The molecule has 2 rings (SSSR count). The average molecular weight is 247 g/mol. The molecule has 0 aromatic heterocycles. The SMILES string of the molecule is CCCCN(c1ccccc1/C(N)=N/O)C1CC1. The van der Waals surface area contributed by atoms with Crippen molar-refractivity contribution in [2.75, 3.05) is 11.4 Å². The third-order valence-corrected chi connectivity index (χ3v) is 3.34. The molecule has 1 aromatic carbocycles. The van der Waals surface area contributed by atoms with Crippen molar-refractivity contribution < 1.29 is 5.21 Å². The summed E-state index contributed by atoms with van der Waals surface area (Å²) in [6.07, 6.45) is 4.83. The van der Waals surface area contributed by atoms with Crippen LogP contribution in [0.15, 0.2) is 29.4 Å². The highest BCUT2D eigenvalue weighted by molar-refractivity contribution is 6.02. The van der Waals surface area contributed by atoms with E-state index in [1.165, 1.54) is 25.7 Å². The Hall–Kier alpha value is -1.71. The van der Waals surface area contributed by atoms with E-state index in [-0.39, 0.29) is 5.84 Å². The number of nitrogens with two attached hydrogens (primary N) is 1. The summed E-state index contributed by atoms with van der Waals surface area (Å²) in [7, 11) is 0.